The summed E-state index contributed by atoms with van der Waals surface area (Å²) in [4.78, 5) is 44.6. The molecule has 1 aliphatic heterocycles. The normalized spacial score (nSPS) is 14.7. The van der Waals surface area contributed by atoms with E-state index >= 15 is 0 Å². The number of carbonyl (C=O) groups excluding carboxylic acids is 2. The molecule has 4 aromatic rings. The van der Waals surface area contributed by atoms with Crippen molar-refractivity contribution in [2.45, 2.75) is 19.1 Å². The Bertz CT molecular complexity index is 1740. The van der Waals surface area contributed by atoms with Crippen LogP contribution in [0.15, 0.2) is 79.0 Å². The molecule has 1 aliphatic carbocycles. The number of halogens is 3. The Hall–Kier alpha value is -5.03. The number of ketones is 1. The van der Waals surface area contributed by atoms with Crippen LogP contribution in [0.4, 0.5) is 25.8 Å². The Balaban J connectivity index is 1.20. The van der Waals surface area contributed by atoms with Crippen molar-refractivity contribution < 1.29 is 37.7 Å². The van der Waals surface area contributed by atoms with Crippen LogP contribution >= 0.6 is 11.6 Å². The summed E-state index contributed by atoms with van der Waals surface area (Å²) in [5, 5.41) is 12.9. The van der Waals surface area contributed by atoms with Gasteiger partial charge in [0.25, 0.3) is 5.91 Å². The average Bonchev–Trinajstić information content (AvgIpc) is 3.75. The third-order valence-electron chi connectivity index (χ3n) is 6.99. The number of alkyl halides is 2. The molecule has 1 amide bonds. The molecular weight excluding hydrogens is 584 g/mol. The second-order valence-electron chi connectivity index (χ2n) is 10.1. The van der Waals surface area contributed by atoms with Gasteiger partial charge in [0.1, 0.15) is 5.69 Å². The van der Waals surface area contributed by atoms with E-state index in [2.05, 4.69) is 24.7 Å². The summed E-state index contributed by atoms with van der Waals surface area (Å²) in [5.74, 6) is -2.68. The molecule has 218 valence electrons. The third kappa shape index (κ3) is 6.12. The summed E-state index contributed by atoms with van der Waals surface area (Å²) in [6, 6.07) is 18.0. The van der Waals surface area contributed by atoms with Gasteiger partial charge in [0.2, 0.25) is 5.78 Å². The third-order valence-corrected chi connectivity index (χ3v) is 7.24. The lowest BCUT2D eigenvalue weighted by atomic mass is 10.0. The van der Waals surface area contributed by atoms with Gasteiger partial charge in [-0.2, -0.15) is 0 Å². The van der Waals surface area contributed by atoms with Crippen LogP contribution in [0.3, 0.4) is 0 Å². The Morgan fingerprint density at radius 2 is 1.63 bits per heavy atom. The van der Waals surface area contributed by atoms with Gasteiger partial charge in [0.05, 0.1) is 23.1 Å². The fraction of sp³-hybridized carbons (Fsp3) is 0.161. The highest BCUT2D eigenvalue weighted by atomic mass is 35.5. The molecule has 6 rings (SSSR count). The highest BCUT2D eigenvalue weighted by molar-refractivity contribution is 6.30. The van der Waals surface area contributed by atoms with Crippen molar-refractivity contribution in [1.29, 1.82) is 0 Å². The van der Waals surface area contributed by atoms with Crippen molar-refractivity contribution in [2.75, 3.05) is 16.8 Å². The zero-order chi connectivity index (χ0) is 30.3. The zero-order valence-electron chi connectivity index (χ0n) is 22.2. The lowest BCUT2D eigenvalue weighted by Crippen LogP contribution is -2.25. The van der Waals surface area contributed by atoms with Crippen LogP contribution in [0, 0.1) is 5.92 Å². The number of carboxylic acids is 1. The maximum Gasteiger partial charge on any atom is 0.586 e. The smallest absolute Gasteiger partial charge is 0.478 e. The summed E-state index contributed by atoms with van der Waals surface area (Å²) in [6.07, 6.45) is 0.0361. The van der Waals surface area contributed by atoms with Crippen molar-refractivity contribution in [3.63, 3.8) is 0 Å². The molecule has 0 spiro atoms. The molecule has 0 bridgehead atoms. The zero-order valence-corrected chi connectivity index (χ0v) is 23.0. The number of pyridine rings is 1. The van der Waals surface area contributed by atoms with Crippen molar-refractivity contribution in [3.05, 3.63) is 106 Å². The molecule has 0 unspecified atom stereocenters. The standard InChI is InChI=1S/C31H22ClF2N3O6/c32-20-5-7-21(8-6-20)37(16-17-1-2-17)22-9-11-25(35-15-22)28(38)18-3-10-24(23(13-18)30(40)41)36-29(39)19-4-12-26-27(14-19)43-31(33,34)42-26/h3-15,17H,1-2,16H2,(H,36,39)(H,40,41). The van der Waals surface area contributed by atoms with E-state index in [9.17, 15) is 28.3 Å². The Labute approximate surface area is 248 Å². The number of amides is 1. The molecule has 2 heterocycles. The van der Waals surface area contributed by atoms with Gasteiger partial charge in [-0.3, -0.25) is 14.6 Å². The van der Waals surface area contributed by atoms with E-state index < -0.39 is 24.0 Å². The number of carboxylic acid groups (broad SMARTS) is 1. The van der Waals surface area contributed by atoms with Crippen molar-refractivity contribution in [3.8, 4) is 11.5 Å². The van der Waals surface area contributed by atoms with Gasteiger partial charge in [0, 0.05) is 28.4 Å². The van der Waals surface area contributed by atoms with Gasteiger partial charge in [-0.25, -0.2) is 4.79 Å². The predicted molar refractivity (Wildman–Crippen MR) is 153 cm³/mol. The summed E-state index contributed by atoms with van der Waals surface area (Å²) in [7, 11) is 0. The van der Waals surface area contributed by atoms with E-state index in [4.69, 9.17) is 11.6 Å². The highest BCUT2D eigenvalue weighted by Crippen LogP contribution is 2.41. The van der Waals surface area contributed by atoms with Gasteiger partial charge in [-0.15, -0.1) is 8.78 Å². The van der Waals surface area contributed by atoms with Gasteiger partial charge < -0.3 is 24.8 Å². The average molecular weight is 606 g/mol. The van der Waals surface area contributed by atoms with Crippen LogP contribution in [0.5, 0.6) is 11.5 Å². The van der Waals surface area contributed by atoms with Crippen LogP contribution in [-0.4, -0.2) is 40.6 Å². The second kappa shape index (κ2) is 11.0. The van der Waals surface area contributed by atoms with E-state index in [1.54, 1.807) is 18.3 Å². The Kier molecular flexibility index (Phi) is 7.18. The van der Waals surface area contributed by atoms with E-state index in [1.165, 1.54) is 18.2 Å². The number of benzene rings is 3. The number of rotatable bonds is 9. The van der Waals surface area contributed by atoms with E-state index in [0.29, 0.717) is 10.9 Å². The van der Waals surface area contributed by atoms with E-state index in [0.717, 1.165) is 49.0 Å². The maximum absolute atomic E-state index is 13.3. The van der Waals surface area contributed by atoms with Gasteiger partial charge in [-0.1, -0.05) is 11.6 Å². The van der Waals surface area contributed by atoms with Crippen LogP contribution < -0.4 is 19.7 Å². The van der Waals surface area contributed by atoms with E-state index in [1.807, 2.05) is 24.3 Å². The number of nitrogens with zero attached hydrogens (tertiary/aromatic N) is 2. The number of anilines is 3. The number of hydrogen-bond acceptors (Lipinski definition) is 7. The van der Waals surface area contributed by atoms with Gasteiger partial charge in [0.15, 0.2) is 11.5 Å². The first-order chi connectivity index (χ1) is 20.6. The molecule has 43 heavy (non-hydrogen) atoms. The largest absolute Gasteiger partial charge is 0.586 e. The molecule has 1 fully saturated rings. The fourth-order valence-corrected chi connectivity index (χ4v) is 4.75. The van der Waals surface area contributed by atoms with Crippen molar-refractivity contribution in [1.82, 2.24) is 4.98 Å². The summed E-state index contributed by atoms with van der Waals surface area (Å²) in [6.45, 7) is 0.796. The summed E-state index contributed by atoms with van der Waals surface area (Å²) >= 11 is 6.06. The molecule has 2 aliphatic rings. The summed E-state index contributed by atoms with van der Waals surface area (Å²) < 4.78 is 35.3. The molecular formula is C31H22ClF2N3O6. The second-order valence-corrected chi connectivity index (χ2v) is 10.5. The Morgan fingerprint density at radius 3 is 2.30 bits per heavy atom. The monoisotopic (exact) mass is 605 g/mol. The number of aromatic nitrogens is 1. The van der Waals surface area contributed by atoms with Crippen molar-refractivity contribution >= 4 is 46.3 Å². The Morgan fingerprint density at radius 1 is 0.930 bits per heavy atom. The molecule has 0 atom stereocenters. The number of hydrogen-bond donors (Lipinski definition) is 2. The number of carbonyl (C=O) groups is 3. The lowest BCUT2D eigenvalue weighted by molar-refractivity contribution is -0.286. The maximum atomic E-state index is 13.3. The highest BCUT2D eigenvalue weighted by Gasteiger charge is 2.43. The first-order valence-electron chi connectivity index (χ1n) is 13.2. The van der Waals surface area contributed by atoms with Gasteiger partial charge >= 0.3 is 12.3 Å². The number of aromatic carboxylic acids is 1. The fourth-order valence-electron chi connectivity index (χ4n) is 4.62. The quantitative estimate of drug-likeness (QED) is 0.200. The molecule has 2 N–H and O–H groups in total. The topological polar surface area (TPSA) is 118 Å². The molecule has 1 aromatic heterocycles. The minimum absolute atomic E-state index is 0.0495. The molecule has 9 nitrogen and oxygen atoms in total. The first-order valence-corrected chi connectivity index (χ1v) is 13.6. The molecule has 1 saturated carbocycles. The van der Waals surface area contributed by atoms with Crippen molar-refractivity contribution in [2.24, 2.45) is 5.92 Å². The number of nitrogens with one attached hydrogen (secondary N) is 1. The number of fused-ring (bicyclic) bond motifs is 1. The molecule has 0 radical (unpaired) electrons. The van der Waals surface area contributed by atoms with Gasteiger partial charge in [-0.05, 0) is 91.6 Å². The molecule has 12 heteroatoms. The SMILES string of the molecule is O=C(Nc1ccc(C(=O)c2ccc(N(CC3CC3)c3ccc(Cl)cc3)cn2)cc1C(=O)O)c1ccc2c(c1)OC(F)(F)O2. The van der Waals surface area contributed by atoms with Crippen LogP contribution in [0.25, 0.3) is 0 Å². The minimum Gasteiger partial charge on any atom is -0.478 e. The lowest BCUT2D eigenvalue weighted by Gasteiger charge is -2.25. The number of ether oxygens (including phenoxy) is 2. The summed E-state index contributed by atoms with van der Waals surface area (Å²) in [5.41, 5.74) is 1.38. The first kappa shape index (κ1) is 28.1. The van der Waals surface area contributed by atoms with Crippen LogP contribution in [-0.2, 0) is 0 Å². The molecule has 3 aromatic carbocycles. The van der Waals surface area contributed by atoms with Crippen LogP contribution in [0.1, 0.15) is 49.6 Å². The van der Waals surface area contributed by atoms with Crippen LogP contribution in [0.2, 0.25) is 5.02 Å². The minimum atomic E-state index is -3.85. The predicted octanol–water partition coefficient (Wildman–Crippen LogP) is 6.79. The molecule has 0 saturated heterocycles. The van der Waals surface area contributed by atoms with E-state index in [-0.39, 0.29) is 39.6 Å².